The lowest BCUT2D eigenvalue weighted by atomic mass is 10.1. The summed E-state index contributed by atoms with van der Waals surface area (Å²) in [6.45, 7) is 1.23. The average Bonchev–Trinajstić information content (AvgIpc) is 3.22. The van der Waals surface area contributed by atoms with Crippen LogP contribution in [0.5, 0.6) is 0 Å². The fourth-order valence-corrected chi connectivity index (χ4v) is 4.36. The van der Waals surface area contributed by atoms with Crippen LogP contribution in [0, 0.1) is 5.82 Å². The highest BCUT2D eigenvalue weighted by atomic mass is 35.5. The Hall–Kier alpha value is -2.64. The molecular weight excluding hydrogens is 478 g/mol. The van der Waals surface area contributed by atoms with Crippen molar-refractivity contribution in [2.75, 3.05) is 13.1 Å². The summed E-state index contributed by atoms with van der Waals surface area (Å²) in [7, 11) is 0. The van der Waals surface area contributed by atoms with E-state index in [2.05, 4.69) is 0 Å². The van der Waals surface area contributed by atoms with Gasteiger partial charge in [0.2, 0.25) is 0 Å². The molecule has 0 spiro atoms. The van der Waals surface area contributed by atoms with Gasteiger partial charge < -0.3 is 14.7 Å². The van der Waals surface area contributed by atoms with Crippen LogP contribution >= 0.6 is 23.2 Å². The minimum atomic E-state index is -0.813. The fourth-order valence-electron chi connectivity index (χ4n) is 4.07. The van der Waals surface area contributed by atoms with Gasteiger partial charge in [0.25, 0.3) is 0 Å². The number of ether oxygens (including phenoxy) is 1. The molecule has 1 saturated heterocycles. The average molecular weight is 503 g/mol. The van der Waals surface area contributed by atoms with E-state index in [9.17, 15) is 14.3 Å². The van der Waals surface area contributed by atoms with E-state index < -0.39 is 24.1 Å². The summed E-state index contributed by atoms with van der Waals surface area (Å²) in [6, 6.07) is 20.9. The molecule has 3 aromatic rings. The molecule has 1 amide bonds. The quantitative estimate of drug-likeness (QED) is 0.462. The maximum absolute atomic E-state index is 14.6. The lowest BCUT2D eigenvalue weighted by Gasteiger charge is -2.31. The molecule has 178 valence electrons. The number of aliphatic hydroxyl groups is 1. The van der Waals surface area contributed by atoms with Gasteiger partial charge in [0.05, 0.1) is 18.7 Å². The van der Waals surface area contributed by atoms with E-state index in [1.54, 1.807) is 24.3 Å². The number of halogens is 3. The van der Waals surface area contributed by atoms with E-state index in [0.717, 1.165) is 11.1 Å². The van der Waals surface area contributed by atoms with Gasteiger partial charge in [-0.15, -0.1) is 0 Å². The van der Waals surface area contributed by atoms with Crippen LogP contribution in [-0.4, -0.2) is 46.2 Å². The molecule has 4 rings (SSSR count). The number of nitrogens with zero attached hydrogens (tertiary/aromatic N) is 2. The number of carbonyl (C=O) groups is 1. The first kappa shape index (κ1) is 24.5. The van der Waals surface area contributed by atoms with Crippen LogP contribution in [0.15, 0.2) is 72.8 Å². The summed E-state index contributed by atoms with van der Waals surface area (Å²) in [4.78, 5) is 16.1. The summed E-state index contributed by atoms with van der Waals surface area (Å²) in [5.74, 6) is -0.416. The van der Waals surface area contributed by atoms with E-state index in [1.165, 1.54) is 11.0 Å². The first-order valence-electron chi connectivity index (χ1n) is 10.9. The van der Waals surface area contributed by atoms with Crippen LogP contribution in [0.2, 0.25) is 10.0 Å². The summed E-state index contributed by atoms with van der Waals surface area (Å²) in [5, 5.41) is 11.8. The Morgan fingerprint density at radius 2 is 1.68 bits per heavy atom. The number of hydrogen-bond acceptors (Lipinski definition) is 4. The van der Waals surface area contributed by atoms with Crippen molar-refractivity contribution in [2.24, 2.45) is 0 Å². The number of rotatable bonds is 7. The molecule has 5 nitrogen and oxygen atoms in total. The zero-order valence-electron chi connectivity index (χ0n) is 18.4. The van der Waals surface area contributed by atoms with Crippen LogP contribution in [0.4, 0.5) is 9.18 Å². The van der Waals surface area contributed by atoms with Crippen LogP contribution in [0.25, 0.3) is 0 Å². The standard InChI is InChI=1S/C26H25Cl2FN2O3/c27-21-9-6-18(7-10-21)13-30(14-20-8-11-22(28)12-23(20)29)24-15-31(16-25(24)32)26(33)34-17-19-4-2-1-3-5-19/h1-12,24-25,32H,13-17H2/t24-,25-/m1/s1. The fraction of sp³-hybridized carbons (Fsp3) is 0.269. The predicted molar refractivity (Wildman–Crippen MR) is 130 cm³/mol. The SMILES string of the molecule is O=C(OCc1ccccc1)N1C[C@@H](O)[C@H](N(Cc2ccc(Cl)cc2)Cc2ccc(Cl)cc2F)C1. The van der Waals surface area contributed by atoms with Gasteiger partial charge in [-0.3, -0.25) is 4.90 Å². The minimum absolute atomic E-state index is 0.137. The molecule has 1 heterocycles. The molecule has 1 aliphatic rings. The highest BCUT2D eigenvalue weighted by molar-refractivity contribution is 6.30. The van der Waals surface area contributed by atoms with Crippen molar-refractivity contribution in [1.82, 2.24) is 9.80 Å². The molecule has 1 N–H and O–H groups in total. The van der Waals surface area contributed by atoms with Crippen LogP contribution in [0.1, 0.15) is 16.7 Å². The molecule has 0 aliphatic carbocycles. The number of carbonyl (C=O) groups excluding carboxylic acids is 1. The van der Waals surface area contributed by atoms with E-state index in [4.69, 9.17) is 27.9 Å². The van der Waals surface area contributed by atoms with Crippen LogP contribution in [-0.2, 0) is 24.4 Å². The Balaban J connectivity index is 1.48. The van der Waals surface area contributed by atoms with Gasteiger partial charge in [0, 0.05) is 35.2 Å². The maximum atomic E-state index is 14.6. The third-order valence-electron chi connectivity index (χ3n) is 5.88. The number of hydrogen-bond donors (Lipinski definition) is 1. The van der Waals surface area contributed by atoms with E-state index >= 15 is 0 Å². The summed E-state index contributed by atoms with van der Waals surface area (Å²) >= 11 is 11.9. The normalized spacial score (nSPS) is 17.9. The molecule has 8 heteroatoms. The Kier molecular flexibility index (Phi) is 8.06. The van der Waals surface area contributed by atoms with Gasteiger partial charge in [0.15, 0.2) is 0 Å². The van der Waals surface area contributed by atoms with E-state index in [1.807, 2.05) is 47.4 Å². The number of benzene rings is 3. The van der Waals surface area contributed by atoms with Gasteiger partial charge in [-0.25, -0.2) is 9.18 Å². The molecule has 0 aromatic heterocycles. The van der Waals surface area contributed by atoms with Crippen molar-refractivity contribution in [3.8, 4) is 0 Å². The van der Waals surface area contributed by atoms with Crippen molar-refractivity contribution in [2.45, 2.75) is 31.8 Å². The van der Waals surface area contributed by atoms with Crippen molar-refractivity contribution < 1.29 is 19.0 Å². The van der Waals surface area contributed by atoms with Gasteiger partial charge in [-0.2, -0.15) is 0 Å². The third kappa shape index (κ3) is 6.27. The number of β-amino-alcohol motifs (C(OH)–C–C–N with tert-alkyl or cyclic N) is 1. The van der Waals surface area contributed by atoms with Crippen LogP contribution in [0.3, 0.4) is 0 Å². The summed E-state index contributed by atoms with van der Waals surface area (Å²) in [5.41, 5.74) is 2.29. The van der Waals surface area contributed by atoms with Gasteiger partial charge in [-0.05, 0) is 35.4 Å². The molecule has 34 heavy (non-hydrogen) atoms. The molecular formula is C26H25Cl2FN2O3. The topological polar surface area (TPSA) is 53.0 Å². The van der Waals surface area contributed by atoms with Gasteiger partial charge in [0.1, 0.15) is 12.4 Å². The van der Waals surface area contributed by atoms with Crippen molar-refractivity contribution in [1.29, 1.82) is 0 Å². The second-order valence-corrected chi connectivity index (χ2v) is 9.22. The van der Waals surface area contributed by atoms with Gasteiger partial charge in [-0.1, -0.05) is 71.7 Å². The first-order chi connectivity index (χ1) is 16.4. The minimum Gasteiger partial charge on any atom is -0.445 e. The van der Waals surface area contributed by atoms with Crippen molar-refractivity contribution >= 4 is 29.3 Å². The smallest absolute Gasteiger partial charge is 0.410 e. The molecule has 1 aliphatic heterocycles. The van der Waals surface area contributed by atoms with Crippen molar-refractivity contribution in [3.63, 3.8) is 0 Å². The lowest BCUT2D eigenvalue weighted by Crippen LogP contribution is -2.42. The van der Waals surface area contributed by atoms with Crippen molar-refractivity contribution in [3.05, 3.63) is 105 Å². The third-order valence-corrected chi connectivity index (χ3v) is 6.37. The lowest BCUT2D eigenvalue weighted by molar-refractivity contribution is 0.0721. The molecule has 1 fully saturated rings. The molecule has 0 unspecified atom stereocenters. The Bertz CT molecular complexity index is 1110. The maximum Gasteiger partial charge on any atom is 0.410 e. The molecule has 0 saturated carbocycles. The zero-order valence-corrected chi connectivity index (χ0v) is 19.9. The zero-order chi connectivity index (χ0) is 24.1. The monoisotopic (exact) mass is 502 g/mol. The van der Waals surface area contributed by atoms with E-state index in [-0.39, 0.29) is 26.2 Å². The molecule has 0 radical (unpaired) electrons. The largest absolute Gasteiger partial charge is 0.445 e. The number of likely N-dealkylation sites (tertiary alicyclic amines) is 1. The van der Waals surface area contributed by atoms with Crippen LogP contribution < -0.4 is 0 Å². The molecule has 3 aromatic carbocycles. The summed E-state index contributed by atoms with van der Waals surface area (Å²) in [6.07, 6.45) is -1.30. The Morgan fingerprint density at radius 3 is 2.38 bits per heavy atom. The second-order valence-electron chi connectivity index (χ2n) is 8.35. The second kappa shape index (κ2) is 11.2. The summed E-state index contributed by atoms with van der Waals surface area (Å²) < 4.78 is 20.0. The highest BCUT2D eigenvalue weighted by Crippen LogP contribution is 2.25. The first-order valence-corrected chi connectivity index (χ1v) is 11.7. The number of aliphatic hydroxyl groups excluding tert-OH is 1. The Labute approximate surface area is 208 Å². The van der Waals surface area contributed by atoms with E-state index in [0.29, 0.717) is 22.2 Å². The Morgan fingerprint density at radius 1 is 0.971 bits per heavy atom. The molecule has 2 atom stereocenters. The van der Waals surface area contributed by atoms with Gasteiger partial charge >= 0.3 is 6.09 Å². The molecule has 0 bridgehead atoms. The number of amides is 1. The highest BCUT2D eigenvalue weighted by Gasteiger charge is 2.38. The predicted octanol–water partition coefficient (Wildman–Crippen LogP) is 5.52.